The average molecular weight is 599 g/mol. The van der Waals surface area contributed by atoms with Crippen molar-refractivity contribution in [1.82, 2.24) is 15.2 Å². The van der Waals surface area contributed by atoms with Gasteiger partial charge in [-0.25, -0.2) is 13.2 Å². The normalized spacial score (nSPS) is 25.2. The van der Waals surface area contributed by atoms with E-state index in [4.69, 9.17) is 0 Å². The predicted octanol–water partition coefficient (Wildman–Crippen LogP) is 4.39. The largest absolute Gasteiger partial charge is 0.388 e. The van der Waals surface area contributed by atoms with E-state index in [0.717, 1.165) is 29.9 Å². The number of carbonyl (C=O) groups is 2. The molecule has 43 heavy (non-hydrogen) atoms. The Morgan fingerprint density at radius 3 is 2.58 bits per heavy atom. The number of β-amino-alcohol motifs (C(OH)–C–C–N with tert-alkyl or cyclic N) is 1. The van der Waals surface area contributed by atoms with Gasteiger partial charge in [0.25, 0.3) is 5.91 Å². The molecule has 0 bridgehead atoms. The van der Waals surface area contributed by atoms with Crippen molar-refractivity contribution in [3.63, 3.8) is 0 Å². The lowest BCUT2D eigenvalue weighted by molar-refractivity contribution is -0.129. The molecule has 2 fully saturated rings. The summed E-state index contributed by atoms with van der Waals surface area (Å²) in [6.07, 6.45) is 4.39. The highest BCUT2D eigenvalue weighted by molar-refractivity contribution is 6.04. The van der Waals surface area contributed by atoms with Crippen molar-refractivity contribution in [3.05, 3.63) is 53.6 Å². The van der Waals surface area contributed by atoms with Crippen LogP contribution in [0.5, 0.6) is 0 Å². The third-order valence-corrected chi connectivity index (χ3v) is 8.86. The first-order valence-electron chi connectivity index (χ1n) is 14.6. The number of anilines is 2. The molecular weight excluding hydrogens is 561 g/mol. The minimum atomic E-state index is -2.81. The monoisotopic (exact) mass is 598 g/mol. The summed E-state index contributed by atoms with van der Waals surface area (Å²) in [5.41, 5.74) is 0.697. The number of hydrogen-bond acceptors (Lipinski definition) is 7. The molecule has 3 unspecified atom stereocenters. The number of pyridine rings is 1. The summed E-state index contributed by atoms with van der Waals surface area (Å²) in [7, 11) is 0. The van der Waals surface area contributed by atoms with E-state index in [1.54, 1.807) is 12.1 Å². The van der Waals surface area contributed by atoms with Gasteiger partial charge in [-0.2, -0.15) is 5.26 Å². The van der Waals surface area contributed by atoms with Crippen molar-refractivity contribution < 1.29 is 27.9 Å². The number of halogens is 3. The summed E-state index contributed by atoms with van der Waals surface area (Å²) in [6.45, 7) is 6.36. The van der Waals surface area contributed by atoms with Crippen LogP contribution in [0.1, 0.15) is 76.5 Å². The number of amides is 2. The van der Waals surface area contributed by atoms with Crippen LogP contribution in [0.15, 0.2) is 36.7 Å². The van der Waals surface area contributed by atoms with Gasteiger partial charge in [-0.05, 0) is 55.4 Å². The summed E-state index contributed by atoms with van der Waals surface area (Å²) < 4.78 is 42.3. The van der Waals surface area contributed by atoms with Crippen molar-refractivity contribution in [1.29, 1.82) is 5.26 Å². The summed E-state index contributed by atoms with van der Waals surface area (Å²) in [4.78, 5) is 34.9. The van der Waals surface area contributed by atoms with E-state index in [9.17, 15) is 33.1 Å². The number of rotatable bonds is 6. The maximum Gasteiger partial charge on any atom is 0.251 e. The average Bonchev–Trinajstić information content (AvgIpc) is 3.26. The summed E-state index contributed by atoms with van der Waals surface area (Å²) in [5.74, 6) is -4.86. The molecule has 2 aromatic rings. The molecule has 3 atom stereocenters. The van der Waals surface area contributed by atoms with Gasteiger partial charge in [-0.15, -0.1) is 0 Å². The molecule has 2 amide bonds. The number of nitrogens with zero attached hydrogens (tertiary/aromatic N) is 4. The zero-order valence-electron chi connectivity index (χ0n) is 24.5. The quantitative estimate of drug-likeness (QED) is 0.422. The van der Waals surface area contributed by atoms with Crippen molar-refractivity contribution in [3.8, 4) is 6.19 Å². The van der Waals surface area contributed by atoms with Gasteiger partial charge in [0, 0.05) is 55.0 Å². The highest BCUT2D eigenvalue weighted by Gasteiger charge is 2.47. The fourth-order valence-corrected chi connectivity index (χ4v) is 6.48. The van der Waals surface area contributed by atoms with Crippen LogP contribution in [0.25, 0.3) is 0 Å². The first-order chi connectivity index (χ1) is 20.2. The molecule has 0 spiro atoms. The van der Waals surface area contributed by atoms with Crippen molar-refractivity contribution >= 4 is 23.2 Å². The molecule has 1 aliphatic carbocycles. The standard InChI is InChI=1S/C31H37F3N6O3/c1-29(2)10-11-37-24-13-22(4-5-23(24)29)40(28(42)25-14-30(3,43)17-39(25)18-35)26(19-12-20(32)16-36-15-19)27(41)38-21-6-8-31(33,34)9-7-21/h4-5,12-13,15-16,21,25-26,37,43H,6-11,14,17H2,1-3H3,(H,38,41). The van der Waals surface area contributed by atoms with E-state index in [1.165, 1.54) is 22.9 Å². The molecule has 1 saturated heterocycles. The Balaban J connectivity index is 1.61. The fraction of sp³-hybridized carbons (Fsp3) is 0.548. The van der Waals surface area contributed by atoms with Gasteiger partial charge in [0.05, 0.1) is 18.3 Å². The summed E-state index contributed by atoms with van der Waals surface area (Å²) >= 11 is 0. The molecular formula is C31H37F3N6O3. The number of hydrogen-bond donors (Lipinski definition) is 3. The molecule has 3 N–H and O–H groups in total. The number of aromatic nitrogens is 1. The molecule has 5 rings (SSSR count). The van der Waals surface area contributed by atoms with Crippen LogP contribution >= 0.6 is 0 Å². The highest BCUT2D eigenvalue weighted by atomic mass is 19.3. The van der Waals surface area contributed by atoms with Crippen molar-refractivity contribution in [2.75, 3.05) is 23.3 Å². The number of fused-ring (bicyclic) bond motifs is 1. The minimum absolute atomic E-state index is 0.0480. The van der Waals surface area contributed by atoms with E-state index in [1.807, 2.05) is 12.3 Å². The van der Waals surface area contributed by atoms with Gasteiger partial charge in [-0.1, -0.05) is 19.9 Å². The Kier molecular flexibility index (Phi) is 8.07. The molecule has 1 saturated carbocycles. The fourth-order valence-electron chi connectivity index (χ4n) is 6.48. The van der Waals surface area contributed by atoms with Crippen LogP contribution < -0.4 is 15.5 Å². The highest BCUT2D eigenvalue weighted by Crippen LogP contribution is 2.41. The zero-order chi connectivity index (χ0) is 31.2. The topological polar surface area (TPSA) is 122 Å². The number of benzene rings is 1. The lowest BCUT2D eigenvalue weighted by Gasteiger charge is -2.38. The maximum atomic E-state index is 14.6. The molecule has 1 aromatic carbocycles. The lowest BCUT2D eigenvalue weighted by atomic mass is 9.78. The first-order valence-corrected chi connectivity index (χ1v) is 14.6. The van der Waals surface area contributed by atoms with E-state index in [-0.39, 0.29) is 49.6 Å². The van der Waals surface area contributed by atoms with Crippen LogP contribution in [-0.4, -0.2) is 63.5 Å². The Hall–Kier alpha value is -3.85. The maximum absolute atomic E-state index is 14.6. The van der Waals surface area contributed by atoms with Gasteiger partial charge in [-0.3, -0.25) is 24.4 Å². The molecule has 0 radical (unpaired) electrons. The van der Waals surface area contributed by atoms with Crippen LogP contribution in [0.3, 0.4) is 0 Å². The van der Waals surface area contributed by atoms with Crippen molar-refractivity contribution in [2.45, 2.75) is 94.4 Å². The van der Waals surface area contributed by atoms with Crippen LogP contribution in [0, 0.1) is 17.3 Å². The molecule has 12 heteroatoms. The van der Waals surface area contributed by atoms with Gasteiger partial charge in [0.15, 0.2) is 6.19 Å². The number of nitriles is 1. The molecule has 2 aliphatic heterocycles. The Morgan fingerprint density at radius 1 is 1.19 bits per heavy atom. The van der Waals surface area contributed by atoms with E-state index >= 15 is 0 Å². The Labute approximate surface area is 249 Å². The number of alkyl halides is 2. The van der Waals surface area contributed by atoms with E-state index in [0.29, 0.717) is 12.2 Å². The zero-order valence-corrected chi connectivity index (χ0v) is 24.5. The molecule has 9 nitrogen and oxygen atoms in total. The molecule has 3 heterocycles. The van der Waals surface area contributed by atoms with Crippen molar-refractivity contribution in [2.24, 2.45) is 0 Å². The third-order valence-electron chi connectivity index (χ3n) is 8.86. The van der Waals surface area contributed by atoms with Crippen LogP contribution in [0.4, 0.5) is 24.5 Å². The van der Waals surface area contributed by atoms with Gasteiger partial charge >= 0.3 is 0 Å². The lowest BCUT2D eigenvalue weighted by Crippen LogP contribution is -2.52. The third kappa shape index (κ3) is 6.42. The second-order valence-electron chi connectivity index (χ2n) is 12.9. The number of aliphatic hydroxyl groups is 1. The Morgan fingerprint density at radius 2 is 1.91 bits per heavy atom. The van der Waals surface area contributed by atoms with E-state index in [2.05, 4.69) is 29.5 Å². The van der Waals surface area contributed by atoms with Gasteiger partial charge in [0.2, 0.25) is 11.8 Å². The summed E-state index contributed by atoms with van der Waals surface area (Å²) in [6, 6.07) is 3.34. The van der Waals surface area contributed by atoms with E-state index < -0.39 is 47.3 Å². The summed E-state index contributed by atoms with van der Waals surface area (Å²) in [5, 5.41) is 26.8. The molecule has 3 aliphatic rings. The van der Waals surface area contributed by atoms with Gasteiger partial charge in [0.1, 0.15) is 17.9 Å². The van der Waals surface area contributed by atoms with Gasteiger partial charge < -0.3 is 15.7 Å². The number of nitrogens with one attached hydrogen (secondary N) is 2. The first kappa shape index (κ1) is 30.6. The smallest absolute Gasteiger partial charge is 0.251 e. The Bertz CT molecular complexity index is 1430. The van der Waals surface area contributed by atoms with Crippen LogP contribution in [0.2, 0.25) is 0 Å². The molecule has 230 valence electrons. The molecule has 1 aromatic heterocycles. The SMILES string of the molecule is CC1(O)CC(C(=O)N(c2ccc3c(c2)NCCC3(C)C)C(C(=O)NC2CCC(F)(F)CC2)c2cncc(F)c2)N(C#N)C1. The second kappa shape index (κ2) is 11.3. The predicted molar refractivity (Wildman–Crippen MR) is 154 cm³/mol. The number of likely N-dealkylation sites (tertiary alicyclic amines) is 1. The minimum Gasteiger partial charge on any atom is -0.388 e. The van der Waals surface area contributed by atoms with Crippen LogP contribution in [-0.2, 0) is 15.0 Å². The number of carbonyl (C=O) groups excluding carboxylic acids is 2. The second-order valence-corrected chi connectivity index (χ2v) is 12.9.